The summed E-state index contributed by atoms with van der Waals surface area (Å²) in [5, 5.41) is 10.9. The molecule has 132 valence electrons. The van der Waals surface area contributed by atoms with Gasteiger partial charge in [0, 0.05) is 18.2 Å². The number of carbonyl (C=O) groups is 2. The number of nitro benzene ring substituents is 1. The maximum atomic E-state index is 12.6. The number of hydrogen-bond donors (Lipinski definition) is 1. The van der Waals surface area contributed by atoms with Crippen molar-refractivity contribution in [2.45, 2.75) is 6.92 Å². The van der Waals surface area contributed by atoms with Gasteiger partial charge in [-0.05, 0) is 30.2 Å². The second kappa shape index (κ2) is 6.67. The van der Waals surface area contributed by atoms with Gasteiger partial charge in [-0.3, -0.25) is 19.7 Å². The van der Waals surface area contributed by atoms with Gasteiger partial charge in [0.1, 0.15) is 11.5 Å². The van der Waals surface area contributed by atoms with Gasteiger partial charge >= 0.3 is 0 Å². The molecular weight excluding hydrogens is 340 g/mol. The van der Waals surface area contributed by atoms with Crippen LogP contribution >= 0.6 is 0 Å². The summed E-state index contributed by atoms with van der Waals surface area (Å²) >= 11 is 0. The quantitative estimate of drug-likeness (QED) is 0.500. The van der Waals surface area contributed by atoms with Crippen molar-refractivity contribution in [2.24, 2.45) is 5.73 Å². The molecule has 0 saturated carbocycles. The van der Waals surface area contributed by atoms with Gasteiger partial charge in [0.05, 0.1) is 10.5 Å². The van der Waals surface area contributed by atoms with Crippen molar-refractivity contribution < 1.29 is 24.0 Å². The molecule has 0 saturated heterocycles. The van der Waals surface area contributed by atoms with Crippen LogP contribution in [0, 0.1) is 17.0 Å². The van der Waals surface area contributed by atoms with Gasteiger partial charge in [-0.25, -0.2) is 0 Å². The van der Waals surface area contributed by atoms with E-state index in [2.05, 4.69) is 0 Å². The molecule has 2 N–H and O–H groups in total. The van der Waals surface area contributed by atoms with Gasteiger partial charge in [0.2, 0.25) is 5.78 Å². The van der Waals surface area contributed by atoms with Crippen molar-refractivity contribution in [1.82, 2.24) is 0 Å². The Morgan fingerprint density at radius 1 is 1.35 bits per heavy atom. The topological polar surface area (TPSA) is 122 Å². The van der Waals surface area contributed by atoms with Gasteiger partial charge < -0.3 is 15.2 Å². The number of primary amides is 1. The number of nitro groups is 1. The van der Waals surface area contributed by atoms with E-state index in [1.165, 1.54) is 30.3 Å². The number of hydrogen-bond acceptors (Lipinski definition) is 6. The van der Waals surface area contributed by atoms with Crippen LogP contribution in [0.3, 0.4) is 0 Å². The summed E-state index contributed by atoms with van der Waals surface area (Å²) in [6.45, 7) is 1.43. The Morgan fingerprint density at radius 3 is 2.81 bits per heavy atom. The molecule has 1 amide bonds. The largest absolute Gasteiger partial charge is 0.484 e. The van der Waals surface area contributed by atoms with Crippen LogP contribution < -0.4 is 15.2 Å². The summed E-state index contributed by atoms with van der Waals surface area (Å²) in [5.74, 6) is -0.247. The molecule has 2 aromatic carbocycles. The zero-order valence-corrected chi connectivity index (χ0v) is 13.7. The molecule has 1 heterocycles. The molecule has 3 rings (SSSR count). The monoisotopic (exact) mass is 354 g/mol. The molecule has 0 aliphatic carbocycles. The first-order valence-corrected chi connectivity index (χ1v) is 7.59. The zero-order chi connectivity index (χ0) is 18.8. The molecule has 8 heteroatoms. The number of nitrogens with zero attached hydrogens (tertiary/aromatic N) is 1. The van der Waals surface area contributed by atoms with Crippen molar-refractivity contribution in [3.8, 4) is 11.5 Å². The van der Waals surface area contributed by atoms with Crippen molar-refractivity contribution in [3.63, 3.8) is 0 Å². The van der Waals surface area contributed by atoms with Crippen LogP contribution in [0.1, 0.15) is 21.5 Å². The predicted molar refractivity (Wildman–Crippen MR) is 91.9 cm³/mol. The van der Waals surface area contributed by atoms with E-state index in [-0.39, 0.29) is 23.8 Å². The molecule has 0 atom stereocenters. The molecule has 8 nitrogen and oxygen atoms in total. The second-order valence-electron chi connectivity index (χ2n) is 5.66. The molecule has 2 aromatic rings. The first-order chi connectivity index (χ1) is 12.3. The average Bonchev–Trinajstić information content (AvgIpc) is 2.89. The lowest BCUT2D eigenvalue weighted by atomic mass is 10.0. The summed E-state index contributed by atoms with van der Waals surface area (Å²) in [4.78, 5) is 33.8. The lowest BCUT2D eigenvalue weighted by Gasteiger charge is -2.07. The van der Waals surface area contributed by atoms with Crippen molar-refractivity contribution >= 4 is 23.5 Å². The third-order valence-corrected chi connectivity index (χ3v) is 3.70. The summed E-state index contributed by atoms with van der Waals surface area (Å²) in [7, 11) is 0. The van der Waals surface area contributed by atoms with E-state index in [1.54, 1.807) is 19.1 Å². The summed E-state index contributed by atoms with van der Waals surface area (Å²) < 4.78 is 10.8. The predicted octanol–water partition coefficient (Wildman–Crippen LogP) is 2.38. The number of fused-ring (bicyclic) bond motifs is 1. The maximum Gasteiger partial charge on any atom is 0.270 e. The summed E-state index contributed by atoms with van der Waals surface area (Å²) in [5.41, 5.74) is 6.44. The number of Topliss-reactive ketones (excluding diaryl/α,β-unsaturated/α-hetero) is 1. The van der Waals surface area contributed by atoms with Crippen molar-refractivity contribution in [1.29, 1.82) is 0 Å². The van der Waals surface area contributed by atoms with Crippen LogP contribution in [0.5, 0.6) is 11.5 Å². The summed E-state index contributed by atoms with van der Waals surface area (Å²) in [6, 6.07) is 8.98. The highest BCUT2D eigenvalue weighted by atomic mass is 16.6. The van der Waals surface area contributed by atoms with Gasteiger partial charge in [-0.15, -0.1) is 0 Å². The first-order valence-electron chi connectivity index (χ1n) is 7.59. The fraction of sp³-hybridized carbons (Fsp3) is 0.111. The molecule has 0 fully saturated rings. The smallest absolute Gasteiger partial charge is 0.270 e. The fourth-order valence-electron chi connectivity index (χ4n) is 2.59. The SMILES string of the molecule is Cc1cc(OCC(N)=O)cc2c1C(=O)/C(=C/c1cccc([N+](=O)[O-])c1)O2. The van der Waals surface area contributed by atoms with Gasteiger partial charge in [-0.1, -0.05) is 12.1 Å². The fourth-order valence-corrected chi connectivity index (χ4v) is 2.59. The zero-order valence-electron chi connectivity index (χ0n) is 13.7. The minimum atomic E-state index is -0.619. The third-order valence-electron chi connectivity index (χ3n) is 3.70. The number of ether oxygens (including phenoxy) is 2. The Bertz CT molecular complexity index is 964. The molecule has 0 spiro atoms. The minimum Gasteiger partial charge on any atom is -0.484 e. The van der Waals surface area contributed by atoms with Crippen molar-refractivity contribution in [2.75, 3.05) is 6.61 Å². The highest BCUT2D eigenvalue weighted by molar-refractivity contribution is 6.15. The normalized spacial score (nSPS) is 14.0. The van der Waals surface area contributed by atoms with Crippen LogP contribution in [0.15, 0.2) is 42.2 Å². The number of allylic oxidation sites excluding steroid dienone is 1. The molecule has 1 aliphatic rings. The van der Waals surface area contributed by atoms with Crippen LogP contribution in [-0.2, 0) is 4.79 Å². The number of amides is 1. The van der Waals surface area contributed by atoms with E-state index in [0.29, 0.717) is 28.2 Å². The number of non-ortho nitro benzene ring substituents is 1. The van der Waals surface area contributed by atoms with E-state index in [4.69, 9.17) is 15.2 Å². The van der Waals surface area contributed by atoms with Crippen LogP contribution in [0.4, 0.5) is 5.69 Å². The standard InChI is InChI=1S/C18H14N2O6/c1-10-5-13(25-9-16(19)21)8-14-17(10)18(22)15(26-14)7-11-3-2-4-12(6-11)20(23)24/h2-8H,9H2,1H3,(H2,19,21)/b15-7-. The molecular formula is C18H14N2O6. The van der Waals surface area contributed by atoms with E-state index in [0.717, 1.165) is 0 Å². The first kappa shape index (κ1) is 17.2. The van der Waals surface area contributed by atoms with Gasteiger partial charge in [-0.2, -0.15) is 0 Å². The molecule has 0 unspecified atom stereocenters. The molecule has 26 heavy (non-hydrogen) atoms. The number of ketones is 1. The lowest BCUT2D eigenvalue weighted by Crippen LogP contribution is -2.20. The minimum absolute atomic E-state index is 0.0515. The Kier molecular flexibility index (Phi) is 4.40. The third kappa shape index (κ3) is 3.39. The van der Waals surface area contributed by atoms with Gasteiger partial charge in [0.15, 0.2) is 12.4 Å². The Morgan fingerprint density at radius 2 is 2.12 bits per heavy atom. The number of aryl methyl sites for hydroxylation is 1. The number of nitrogens with two attached hydrogens (primary N) is 1. The van der Waals surface area contributed by atoms with E-state index in [1.807, 2.05) is 0 Å². The molecule has 1 aliphatic heterocycles. The number of carbonyl (C=O) groups excluding carboxylic acids is 2. The van der Waals surface area contributed by atoms with Crippen LogP contribution in [0.25, 0.3) is 6.08 Å². The Labute approximate surface area is 148 Å². The molecule has 0 radical (unpaired) electrons. The molecule has 0 bridgehead atoms. The number of rotatable bonds is 5. The highest BCUT2D eigenvalue weighted by Crippen LogP contribution is 2.37. The highest BCUT2D eigenvalue weighted by Gasteiger charge is 2.30. The molecule has 0 aromatic heterocycles. The van der Waals surface area contributed by atoms with Gasteiger partial charge in [0.25, 0.3) is 11.6 Å². The number of benzene rings is 2. The van der Waals surface area contributed by atoms with E-state index >= 15 is 0 Å². The van der Waals surface area contributed by atoms with Crippen LogP contribution in [-0.4, -0.2) is 23.2 Å². The van der Waals surface area contributed by atoms with Crippen molar-refractivity contribution in [3.05, 3.63) is 69.0 Å². The maximum absolute atomic E-state index is 12.6. The summed E-state index contributed by atoms with van der Waals surface area (Å²) in [6.07, 6.45) is 1.44. The average molecular weight is 354 g/mol. The van der Waals surface area contributed by atoms with E-state index < -0.39 is 10.8 Å². The lowest BCUT2D eigenvalue weighted by molar-refractivity contribution is -0.384. The Balaban J connectivity index is 1.92. The Hall–Kier alpha value is -3.68. The van der Waals surface area contributed by atoms with Crippen LogP contribution in [0.2, 0.25) is 0 Å². The second-order valence-corrected chi connectivity index (χ2v) is 5.66. The van der Waals surface area contributed by atoms with E-state index in [9.17, 15) is 19.7 Å².